The number of unbranched alkanes of at least 4 members (excludes halogenated alkanes) is 1. The summed E-state index contributed by atoms with van der Waals surface area (Å²) in [5.74, 6) is 2.92. The summed E-state index contributed by atoms with van der Waals surface area (Å²) in [6.07, 6.45) is 10.5. The van der Waals surface area contributed by atoms with Gasteiger partial charge in [0.15, 0.2) is 0 Å². The van der Waals surface area contributed by atoms with E-state index in [2.05, 4.69) is 11.2 Å². The van der Waals surface area contributed by atoms with Crippen LogP contribution in [-0.4, -0.2) is 18.5 Å². The molecule has 0 aromatic carbocycles. The van der Waals surface area contributed by atoms with Crippen molar-refractivity contribution < 1.29 is 4.79 Å². The van der Waals surface area contributed by atoms with Gasteiger partial charge in [0.25, 0.3) is 0 Å². The van der Waals surface area contributed by atoms with Gasteiger partial charge in [0, 0.05) is 24.9 Å². The van der Waals surface area contributed by atoms with E-state index in [1.54, 1.807) is 0 Å². The van der Waals surface area contributed by atoms with E-state index in [9.17, 15) is 4.79 Å². The average molecular weight is 208 g/mol. The van der Waals surface area contributed by atoms with Crippen LogP contribution in [-0.2, 0) is 4.79 Å². The molecule has 15 heavy (non-hydrogen) atoms. The van der Waals surface area contributed by atoms with Gasteiger partial charge in [-0.15, -0.1) is 12.3 Å². The summed E-state index contributed by atoms with van der Waals surface area (Å²) in [5, 5.41) is 2.93. The molecule has 84 valence electrons. The van der Waals surface area contributed by atoms with E-state index in [1.165, 1.54) is 0 Å². The number of amides is 1. The number of carbonyl (C=O) groups is 1. The van der Waals surface area contributed by atoms with E-state index in [4.69, 9.17) is 12.2 Å². The Morgan fingerprint density at radius 3 is 2.67 bits per heavy atom. The zero-order valence-corrected chi connectivity index (χ0v) is 9.17. The first-order valence-corrected chi connectivity index (χ1v) is 5.70. The van der Waals surface area contributed by atoms with Crippen molar-refractivity contribution in [3.63, 3.8) is 0 Å². The van der Waals surface area contributed by atoms with E-state index in [0.29, 0.717) is 12.6 Å². The maximum atomic E-state index is 11.7. The molecule has 0 aromatic rings. The third-order valence-electron chi connectivity index (χ3n) is 2.94. The van der Waals surface area contributed by atoms with E-state index < -0.39 is 0 Å². The highest BCUT2D eigenvalue weighted by Crippen LogP contribution is 2.22. The summed E-state index contributed by atoms with van der Waals surface area (Å²) in [7, 11) is 0. The van der Waals surface area contributed by atoms with E-state index in [-0.39, 0.29) is 11.8 Å². The molecule has 0 heterocycles. The van der Waals surface area contributed by atoms with Gasteiger partial charge in [0.05, 0.1) is 0 Å². The van der Waals surface area contributed by atoms with Crippen molar-refractivity contribution in [2.45, 2.75) is 44.6 Å². The first-order chi connectivity index (χ1) is 7.24. The van der Waals surface area contributed by atoms with Crippen molar-refractivity contribution in [2.24, 2.45) is 11.7 Å². The molecule has 0 atom stereocenters. The molecule has 0 unspecified atom stereocenters. The van der Waals surface area contributed by atoms with Gasteiger partial charge in [0.2, 0.25) is 5.91 Å². The molecule has 3 N–H and O–H groups in total. The maximum Gasteiger partial charge on any atom is 0.223 e. The smallest absolute Gasteiger partial charge is 0.223 e. The summed E-state index contributed by atoms with van der Waals surface area (Å²) < 4.78 is 0. The van der Waals surface area contributed by atoms with Crippen LogP contribution < -0.4 is 11.1 Å². The quantitative estimate of drug-likeness (QED) is 0.535. The topological polar surface area (TPSA) is 55.1 Å². The van der Waals surface area contributed by atoms with Crippen LogP contribution >= 0.6 is 0 Å². The van der Waals surface area contributed by atoms with Gasteiger partial charge < -0.3 is 11.1 Å². The third-order valence-corrected chi connectivity index (χ3v) is 2.94. The predicted octanol–water partition coefficient (Wildman–Crippen LogP) is 1.03. The number of carbonyl (C=O) groups excluding carboxylic acids is 1. The SMILES string of the molecule is C#CCCCNC(=O)C1CCC(N)CC1. The highest BCUT2D eigenvalue weighted by molar-refractivity contribution is 5.78. The summed E-state index contributed by atoms with van der Waals surface area (Å²) >= 11 is 0. The van der Waals surface area contributed by atoms with Crippen LogP contribution in [0.3, 0.4) is 0 Å². The van der Waals surface area contributed by atoms with Gasteiger partial charge >= 0.3 is 0 Å². The monoisotopic (exact) mass is 208 g/mol. The summed E-state index contributed by atoms with van der Waals surface area (Å²) in [4.78, 5) is 11.7. The van der Waals surface area contributed by atoms with Crippen LogP contribution in [0.4, 0.5) is 0 Å². The largest absolute Gasteiger partial charge is 0.356 e. The standard InChI is InChI=1S/C12H20N2O/c1-2-3-4-9-14-12(15)10-5-7-11(13)8-6-10/h1,10-11H,3-9,13H2,(H,14,15). The zero-order valence-electron chi connectivity index (χ0n) is 9.17. The van der Waals surface area contributed by atoms with E-state index in [1.807, 2.05) is 0 Å². The Morgan fingerprint density at radius 2 is 2.07 bits per heavy atom. The molecular weight excluding hydrogens is 188 g/mol. The molecule has 0 aliphatic heterocycles. The van der Waals surface area contributed by atoms with Crippen molar-refractivity contribution in [1.29, 1.82) is 0 Å². The van der Waals surface area contributed by atoms with Crippen LogP contribution in [0.25, 0.3) is 0 Å². The highest BCUT2D eigenvalue weighted by atomic mass is 16.1. The highest BCUT2D eigenvalue weighted by Gasteiger charge is 2.23. The second-order valence-corrected chi connectivity index (χ2v) is 4.21. The Labute approximate surface area is 91.8 Å². The van der Waals surface area contributed by atoms with Gasteiger partial charge in [-0.05, 0) is 32.1 Å². The lowest BCUT2D eigenvalue weighted by atomic mass is 9.86. The van der Waals surface area contributed by atoms with Crippen LogP contribution in [0.5, 0.6) is 0 Å². The number of hydrogen-bond donors (Lipinski definition) is 2. The summed E-state index contributed by atoms with van der Waals surface area (Å²) in [5.41, 5.74) is 5.78. The molecule has 1 fully saturated rings. The molecule has 0 aromatic heterocycles. The second-order valence-electron chi connectivity index (χ2n) is 4.21. The van der Waals surface area contributed by atoms with Crippen molar-refractivity contribution in [1.82, 2.24) is 5.32 Å². The van der Waals surface area contributed by atoms with Gasteiger partial charge in [-0.2, -0.15) is 0 Å². The van der Waals surface area contributed by atoms with E-state index >= 15 is 0 Å². The maximum absolute atomic E-state index is 11.7. The molecule has 1 rings (SSSR count). The first kappa shape index (κ1) is 12.1. The second kappa shape index (κ2) is 6.47. The zero-order chi connectivity index (χ0) is 11.1. The molecule has 3 nitrogen and oxygen atoms in total. The Hall–Kier alpha value is -1.01. The van der Waals surface area contributed by atoms with Gasteiger partial charge in [0.1, 0.15) is 0 Å². The molecule has 0 spiro atoms. The lowest BCUT2D eigenvalue weighted by Crippen LogP contribution is -2.36. The van der Waals surface area contributed by atoms with E-state index in [0.717, 1.165) is 38.5 Å². The molecule has 0 radical (unpaired) electrons. The lowest BCUT2D eigenvalue weighted by molar-refractivity contribution is -0.125. The van der Waals surface area contributed by atoms with Crippen LogP contribution in [0.1, 0.15) is 38.5 Å². The number of nitrogens with two attached hydrogens (primary N) is 1. The molecular formula is C12H20N2O. The Balaban J connectivity index is 2.14. The van der Waals surface area contributed by atoms with Crippen molar-refractivity contribution in [3.05, 3.63) is 0 Å². The molecule has 1 amide bonds. The fourth-order valence-electron chi connectivity index (χ4n) is 1.93. The minimum Gasteiger partial charge on any atom is -0.356 e. The summed E-state index contributed by atoms with van der Waals surface area (Å²) in [6.45, 7) is 0.700. The van der Waals surface area contributed by atoms with Gasteiger partial charge in [-0.25, -0.2) is 0 Å². The molecule has 3 heteroatoms. The fourth-order valence-corrected chi connectivity index (χ4v) is 1.93. The normalized spacial score (nSPS) is 25.6. The predicted molar refractivity (Wildman–Crippen MR) is 61.0 cm³/mol. The molecule has 0 saturated heterocycles. The van der Waals surface area contributed by atoms with Gasteiger partial charge in [-0.1, -0.05) is 0 Å². The average Bonchev–Trinajstić information content (AvgIpc) is 2.25. The number of terminal acetylenes is 1. The minimum absolute atomic E-state index is 0.177. The lowest BCUT2D eigenvalue weighted by Gasteiger charge is -2.25. The molecule has 1 aliphatic carbocycles. The number of rotatable bonds is 4. The minimum atomic E-state index is 0.177. The molecule has 1 saturated carbocycles. The van der Waals surface area contributed by atoms with Crippen molar-refractivity contribution >= 4 is 5.91 Å². The van der Waals surface area contributed by atoms with Crippen LogP contribution in [0.15, 0.2) is 0 Å². The Kier molecular flexibility index (Phi) is 5.20. The van der Waals surface area contributed by atoms with Crippen molar-refractivity contribution in [3.8, 4) is 12.3 Å². The molecule has 1 aliphatic rings. The fraction of sp³-hybridized carbons (Fsp3) is 0.750. The number of hydrogen-bond acceptors (Lipinski definition) is 2. The summed E-state index contributed by atoms with van der Waals surface area (Å²) in [6, 6.07) is 0.301. The number of nitrogens with one attached hydrogen (secondary N) is 1. The van der Waals surface area contributed by atoms with Gasteiger partial charge in [-0.3, -0.25) is 4.79 Å². The van der Waals surface area contributed by atoms with Crippen molar-refractivity contribution in [2.75, 3.05) is 6.54 Å². The Bertz CT molecular complexity index is 236. The van der Waals surface area contributed by atoms with Crippen LogP contribution in [0, 0.1) is 18.3 Å². The third kappa shape index (κ3) is 4.35. The van der Waals surface area contributed by atoms with Crippen LogP contribution in [0.2, 0.25) is 0 Å². The first-order valence-electron chi connectivity index (χ1n) is 5.70. The Morgan fingerprint density at radius 1 is 1.40 bits per heavy atom. The molecule has 0 bridgehead atoms.